The normalized spacial score (nSPS) is 11.4. The zero-order valence-corrected chi connectivity index (χ0v) is 15.2. The van der Waals surface area contributed by atoms with Crippen molar-refractivity contribution in [2.75, 3.05) is 12.4 Å². The molecule has 0 aliphatic heterocycles. The van der Waals surface area contributed by atoms with Gasteiger partial charge in [-0.05, 0) is 42.3 Å². The summed E-state index contributed by atoms with van der Waals surface area (Å²) in [6.07, 6.45) is 4.15. The van der Waals surface area contributed by atoms with Crippen molar-refractivity contribution in [2.45, 2.75) is 19.4 Å². The molecule has 0 saturated heterocycles. The Balaban J connectivity index is 1.87. The molecule has 136 valence electrons. The Bertz CT molecular complexity index is 982. The predicted octanol–water partition coefficient (Wildman–Crippen LogP) is 4.29. The molecular formula is C21H20N4O2. The molecule has 0 amide bonds. The van der Waals surface area contributed by atoms with Gasteiger partial charge in [-0.25, -0.2) is 4.98 Å². The number of rotatable bonds is 6. The summed E-state index contributed by atoms with van der Waals surface area (Å²) in [4.78, 5) is 8.90. The van der Waals surface area contributed by atoms with E-state index in [0.717, 1.165) is 17.5 Å². The summed E-state index contributed by atoms with van der Waals surface area (Å²) in [5, 5.41) is 22.3. The molecule has 0 spiro atoms. The van der Waals surface area contributed by atoms with Crippen LogP contribution in [0.3, 0.4) is 0 Å². The van der Waals surface area contributed by atoms with Crippen LogP contribution in [0.2, 0.25) is 0 Å². The zero-order valence-electron chi connectivity index (χ0n) is 15.2. The van der Waals surface area contributed by atoms with Crippen LogP contribution in [-0.4, -0.2) is 22.2 Å². The number of phenols is 1. The second-order valence-electron chi connectivity index (χ2n) is 6.02. The first-order chi connectivity index (χ1) is 13.1. The van der Waals surface area contributed by atoms with Crippen LogP contribution in [0, 0.1) is 11.3 Å². The van der Waals surface area contributed by atoms with Gasteiger partial charge >= 0.3 is 0 Å². The van der Waals surface area contributed by atoms with Crippen LogP contribution < -0.4 is 10.1 Å². The molecule has 27 heavy (non-hydrogen) atoms. The number of hydrogen-bond acceptors (Lipinski definition) is 6. The Morgan fingerprint density at radius 1 is 1.22 bits per heavy atom. The lowest BCUT2D eigenvalue weighted by Crippen LogP contribution is -2.11. The van der Waals surface area contributed by atoms with Crippen molar-refractivity contribution in [1.82, 2.24) is 9.97 Å². The summed E-state index contributed by atoms with van der Waals surface area (Å²) in [7, 11) is 1.50. The van der Waals surface area contributed by atoms with Crippen molar-refractivity contribution >= 4 is 5.82 Å². The van der Waals surface area contributed by atoms with Gasteiger partial charge in [0.05, 0.1) is 42.9 Å². The lowest BCUT2D eigenvalue weighted by molar-refractivity contribution is 0.373. The van der Waals surface area contributed by atoms with E-state index < -0.39 is 0 Å². The molecule has 0 saturated carbocycles. The van der Waals surface area contributed by atoms with E-state index >= 15 is 0 Å². The fourth-order valence-electron chi connectivity index (χ4n) is 2.84. The monoisotopic (exact) mass is 360 g/mol. The molecule has 6 nitrogen and oxygen atoms in total. The summed E-state index contributed by atoms with van der Waals surface area (Å²) in [5.41, 5.74) is 3.11. The molecule has 1 aromatic heterocycles. The maximum Gasteiger partial charge on any atom is 0.161 e. The highest BCUT2D eigenvalue weighted by Crippen LogP contribution is 2.31. The highest BCUT2D eigenvalue weighted by molar-refractivity contribution is 5.64. The average molecular weight is 360 g/mol. The smallest absolute Gasteiger partial charge is 0.161 e. The van der Waals surface area contributed by atoms with Gasteiger partial charge in [-0.15, -0.1) is 0 Å². The zero-order chi connectivity index (χ0) is 19.2. The van der Waals surface area contributed by atoms with Crippen molar-refractivity contribution in [3.63, 3.8) is 0 Å². The number of ether oxygens (including phenoxy) is 1. The van der Waals surface area contributed by atoms with Crippen molar-refractivity contribution in [3.05, 3.63) is 66.0 Å². The molecule has 3 rings (SSSR count). The fraction of sp³-hybridized carbons (Fsp3) is 0.190. The van der Waals surface area contributed by atoms with Crippen LogP contribution in [0.5, 0.6) is 11.5 Å². The summed E-state index contributed by atoms with van der Waals surface area (Å²) >= 11 is 0. The van der Waals surface area contributed by atoms with E-state index in [1.54, 1.807) is 36.7 Å². The van der Waals surface area contributed by atoms with E-state index in [-0.39, 0.29) is 11.8 Å². The van der Waals surface area contributed by atoms with Gasteiger partial charge in [-0.1, -0.05) is 19.1 Å². The number of aromatic hydroxyl groups is 1. The van der Waals surface area contributed by atoms with Gasteiger partial charge < -0.3 is 15.2 Å². The first kappa shape index (κ1) is 18.2. The molecule has 2 aromatic carbocycles. The molecule has 0 aliphatic carbocycles. The molecule has 0 fully saturated rings. The van der Waals surface area contributed by atoms with Crippen LogP contribution in [0.15, 0.2) is 54.9 Å². The number of nitrogens with zero attached hydrogens (tertiary/aromatic N) is 3. The molecule has 1 atom stereocenters. The Hall–Kier alpha value is -3.59. The fourth-order valence-corrected chi connectivity index (χ4v) is 2.84. The third-order valence-corrected chi connectivity index (χ3v) is 4.26. The first-order valence-corrected chi connectivity index (χ1v) is 8.60. The van der Waals surface area contributed by atoms with Crippen LogP contribution in [0.25, 0.3) is 11.3 Å². The van der Waals surface area contributed by atoms with E-state index in [4.69, 9.17) is 10.00 Å². The molecule has 1 unspecified atom stereocenters. The topological polar surface area (TPSA) is 91.1 Å². The van der Waals surface area contributed by atoms with Gasteiger partial charge in [0.1, 0.15) is 5.82 Å². The number of benzene rings is 2. The summed E-state index contributed by atoms with van der Waals surface area (Å²) in [5.74, 6) is 1.09. The van der Waals surface area contributed by atoms with Gasteiger partial charge in [-0.2, -0.15) is 5.26 Å². The Morgan fingerprint density at radius 2 is 2.07 bits per heavy atom. The molecule has 0 radical (unpaired) electrons. The van der Waals surface area contributed by atoms with Crippen LogP contribution in [0.1, 0.15) is 30.5 Å². The van der Waals surface area contributed by atoms with E-state index in [2.05, 4.69) is 28.3 Å². The molecule has 3 aromatic rings. The minimum absolute atomic E-state index is 0.0113. The second kappa shape index (κ2) is 8.19. The van der Waals surface area contributed by atoms with E-state index in [1.165, 1.54) is 7.11 Å². The number of aromatic nitrogens is 2. The van der Waals surface area contributed by atoms with Crippen LogP contribution >= 0.6 is 0 Å². The Labute approximate surface area is 158 Å². The average Bonchev–Trinajstić information content (AvgIpc) is 2.72. The standard InChI is InChI=1S/C21H20N4O2/c1-3-17(15-6-4-5-14(9-15)11-22)24-21-13-23-12-18(25-21)16-7-8-19(26)20(10-16)27-2/h4-10,12-13,17,26H,3H2,1-2H3,(H,24,25). The predicted molar refractivity (Wildman–Crippen MR) is 103 cm³/mol. The lowest BCUT2D eigenvalue weighted by Gasteiger charge is -2.18. The molecular weight excluding hydrogens is 340 g/mol. The number of nitrogens with one attached hydrogen (secondary N) is 1. The highest BCUT2D eigenvalue weighted by Gasteiger charge is 2.12. The minimum Gasteiger partial charge on any atom is -0.504 e. The highest BCUT2D eigenvalue weighted by atomic mass is 16.5. The quantitative estimate of drug-likeness (QED) is 0.681. The largest absolute Gasteiger partial charge is 0.504 e. The second-order valence-corrected chi connectivity index (χ2v) is 6.02. The first-order valence-electron chi connectivity index (χ1n) is 8.60. The van der Waals surface area contributed by atoms with E-state index in [9.17, 15) is 5.11 Å². The van der Waals surface area contributed by atoms with Crippen molar-refractivity contribution in [1.29, 1.82) is 5.26 Å². The van der Waals surface area contributed by atoms with Crippen LogP contribution in [0.4, 0.5) is 5.82 Å². The third kappa shape index (κ3) is 4.15. The number of anilines is 1. The van der Waals surface area contributed by atoms with Gasteiger partial charge in [0, 0.05) is 5.56 Å². The van der Waals surface area contributed by atoms with Crippen molar-refractivity contribution in [2.24, 2.45) is 0 Å². The van der Waals surface area contributed by atoms with E-state index in [1.807, 2.05) is 18.2 Å². The van der Waals surface area contributed by atoms with Gasteiger partial charge in [0.25, 0.3) is 0 Å². The number of phenolic OH excluding ortho intramolecular Hbond substituents is 1. The van der Waals surface area contributed by atoms with Crippen molar-refractivity contribution < 1.29 is 9.84 Å². The summed E-state index contributed by atoms with van der Waals surface area (Å²) < 4.78 is 5.16. The van der Waals surface area contributed by atoms with Gasteiger partial charge in [0.15, 0.2) is 11.5 Å². The Kier molecular flexibility index (Phi) is 5.53. The molecule has 0 aliphatic rings. The maximum absolute atomic E-state index is 9.76. The van der Waals surface area contributed by atoms with E-state index in [0.29, 0.717) is 22.8 Å². The lowest BCUT2D eigenvalue weighted by atomic mass is 10.0. The molecule has 0 bridgehead atoms. The third-order valence-electron chi connectivity index (χ3n) is 4.26. The van der Waals surface area contributed by atoms with Gasteiger partial charge in [-0.3, -0.25) is 4.98 Å². The summed E-state index contributed by atoms with van der Waals surface area (Å²) in [6, 6.07) is 14.8. The SMILES string of the molecule is CCC(Nc1cncc(-c2ccc(O)c(OC)c2)n1)c1cccc(C#N)c1. The minimum atomic E-state index is 0.0113. The van der Waals surface area contributed by atoms with Crippen LogP contribution in [-0.2, 0) is 0 Å². The molecule has 6 heteroatoms. The van der Waals surface area contributed by atoms with Gasteiger partial charge in [0.2, 0.25) is 0 Å². The number of nitriles is 1. The number of methoxy groups -OCH3 is 1. The molecule has 2 N–H and O–H groups in total. The Morgan fingerprint density at radius 3 is 2.81 bits per heavy atom. The number of hydrogen-bond donors (Lipinski definition) is 2. The maximum atomic E-state index is 9.76. The molecule has 1 heterocycles. The summed E-state index contributed by atoms with van der Waals surface area (Å²) in [6.45, 7) is 2.07. The van der Waals surface area contributed by atoms with Crippen molar-refractivity contribution in [3.8, 4) is 28.8 Å².